The summed E-state index contributed by atoms with van der Waals surface area (Å²) < 4.78 is 0. The van der Waals surface area contributed by atoms with E-state index in [4.69, 9.17) is 0 Å². The van der Waals surface area contributed by atoms with E-state index in [0.717, 1.165) is 25.0 Å². The molecule has 4 rings (SSSR count). The molecule has 2 aromatic rings. The van der Waals surface area contributed by atoms with Gasteiger partial charge in [0.1, 0.15) is 17.5 Å². The van der Waals surface area contributed by atoms with E-state index < -0.39 is 0 Å². The summed E-state index contributed by atoms with van der Waals surface area (Å²) in [5.41, 5.74) is 2.43. The Labute approximate surface area is 166 Å². The van der Waals surface area contributed by atoms with Crippen molar-refractivity contribution >= 4 is 11.8 Å². The Morgan fingerprint density at radius 1 is 1.21 bits per heavy atom. The van der Waals surface area contributed by atoms with Crippen LogP contribution in [0.5, 0.6) is 0 Å². The minimum absolute atomic E-state index is 0.340. The third-order valence-electron chi connectivity index (χ3n) is 6.66. The minimum Gasteiger partial charge on any atom is -0.366 e. The van der Waals surface area contributed by atoms with Gasteiger partial charge in [0, 0.05) is 30.9 Å². The first-order chi connectivity index (χ1) is 13.5. The number of nitrogens with zero attached hydrogens (tertiary/aromatic N) is 4. The quantitative estimate of drug-likeness (QED) is 0.787. The molecule has 0 saturated heterocycles. The standard InChI is InChI=1S/C22H28N6/c1-21(2)13-18(6-8-22(21)9-10-22)27-19-16(14-23)15-26-20(28-19)25-12-7-17-5-3-4-11-24-17/h3-5,11,15,18H,6-10,12-13H2,1-2H3,(H2,25,26,27,28)/t18-/m1/s1. The number of pyridine rings is 1. The maximum absolute atomic E-state index is 9.46. The molecule has 2 aliphatic carbocycles. The lowest BCUT2D eigenvalue weighted by molar-refractivity contribution is 0.106. The van der Waals surface area contributed by atoms with E-state index in [1.54, 1.807) is 12.4 Å². The average Bonchev–Trinajstić information content (AvgIpc) is 3.48. The Morgan fingerprint density at radius 3 is 2.75 bits per heavy atom. The molecule has 2 fully saturated rings. The summed E-state index contributed by atoms with van der Waals surface area (Å²) in [6.07, 6.45) is 10.5. The fraction of sp³-hybridized carbons (Fsp3) is 0.545. The van der Waals surface area contributed by atoms with Crippen LogP contribution in [0.1, 0.15) is 57.2 Å². The van der Waals surface area contributed by atoms with E-state index in [1.165, 1.54) is 19.3 Å². The molecule has 0 aliphatic heterocycles. The van der Waals surface area contributed by atoms with Gasteiger partial charge < -0.3 is 10.6 Å². The van der Waals surface area contributed by atoms with Gasteiger partial charge >= 0.3 is 0 Å². The molecule has 2 saturated carbocycles. The fourth-order valence-electron chi connectivity index (χ4n) is 4.62. The highest BCUT2D eigenvalue weighted by Crippen LogP contribution is 2.65. The predicted molar refractivity (Wildman–Crippen MR) is 110 cm³/mol. The van der Waals surface area contributed by atoms with Gasteiger partial charge in [-0.2, -0.15) is 10.2 Å². The third kappa shape index (κ3) is 3.80. The Morgan fingerprint density at radius 2 is 2.07 bits per heavy atom. The van der Waals surface area contributed by atoms with Gasteiger partial charge in [0.2, 0.25) is 5.95 Å². The highest BCUT2D eigenvalue weighted by atomic mass is 15.1. The van der Waals surface area contributed by atoms with Crippen LogP contribution in [-0.4, -0.2) is 27.5 Å². The second kappa shape index (κ2) is 7.38. The van der Waals surface area contributed by atoms with Crippen LogP contribution in [0, 0.1) is 22.2 Å². The summed E-state index contributed by atoms with van der Waals surface area (Å²) in [5, 5.41) is 16.3. The van der Waals surface area contributed by atoms with E-state index in [0.29, 0.717) is 40.7 Å². The molecular formula is C22H28N6. The van der Waals surface area contributed by atoms with Crippen molar-refractivity contribution in [2.24, 2.45) is 10.8 Å². The molecule has 1 spiro atoms. The van der Waals surface area contributed by atoms with Gasteiger partial charge in [-0.05, 0) is 55.1 Å². The summed E-state index contributed by atoms with van der Waals surface area (Å²) >= 11 is 0. The number of aromatic nitrogens is 3. The lowest BCUT2D eigenvalue weighted by atomic mass is 9.64. The molecule has 0 unspecified atom stereocenters. The van der Waals surface area contributed by atoms with Crippen LogP contribution in [0.15, 0.2) is 30.6 Å². The van der Waals surface area contributed by atoms with Crippen molar-refractivity contribution in [1.82, 2.24) is 15.0 Å². The van der Waals surface area contributed by atoms with Crippen LogP contribution in [-0.2, 0) is 6.42 Å². The van der Waals surface area contributed by atoms with E-state index in [1.807, 2.05) is 18.2 Å². The first kappa shape index (κ1) is 18.7. The normalized spacial score (nSPS) is 21.7. The van der Waals surface area contributed by atoms with Crippen LogP contribution in [0.3, 0.4) is 0 Å². The number of nitriles is 1. The second-order valence-corrected chi connectivity index (χ2v) is 8.81. The number of nitrogens with one attached hydrogen (secondary N) is 2. The van der Waals surface area contributed by atoms with Gasteiger partial charge in [0.15, 0.2) is 0 Å². The molecule has 1 atom stereocenters. The molecule has 2 N–H and O–H groups in total. The van der Waals surface area contributed by atoms with Gasteiger partial charge in [-0.15, -0.1) is 0 Å². The Bertz CT molecular complexity index is 866. The van der Waals surface area contributed by atoms with Crippen LogP contribution >= 0.6 is 0 Å². The summed E-state index contributed by atoms with van der Waals surface area (Å²) in [6, 6.07) is 8.47. The monoisotopic (exact) mass is 376 g/mol. The number of rotatable bonds is 6. The summed E-state index contributed by atoms with van der Waals surface area (Å²) in [6.45, 7) is 5.48. The largest absolute Gasteiger partial charge is 0.366 e. The second-order valence-electron chi connectivity index (χ2n) is 8.81. The molecule has 0 amide bonds. The molecule has 2 aromatic heterocycles. The molecule has 28 heavy (non-hydrogen) atoms. The Balaban J connectivity index is 1.40. The summed E-state index contributed by atoms with van der Waals surface area (Å²) in [7, 11) is 0. The zero-order chi connectivity index (χ0) is 19.6. The lowest BCUT2D eigenvalue weighted by Crippen LogP contribution is -2.39. The molecule has 0 bridgehead atoms. The van der Waals surface area contributed by atoms with Crippen molar-refractivity contribution in [3.63, 3.8) is 0 Å². The highest BCUT2D eigenvalue weighted by molar-refractivity contribution is 5.54. The predicted octanol–water partition coefficient (Wildman–Crippen LogP) is 4.17. The topological polar surface area (TPSA) is 86.5 Å². The van der Waals surface area contributed by atoms with Gasteiger partial charge in [-0.3, -0.25) is 4.98 Å². The molecule has 2 aliphatic rings. The van der Waals surface area contributed by atoms with Crippen molar-refractivity contribution in [2.45, 2.75) is 58.4 Å². The molecular weight excluding hydrogens is 348 g/mol. The van der Waals surface area contributed by atoms with Crippen molar-refractivity contribution < 1.29 is 0 Å². The first-order valence-electron chi connectivity index (χ1n) is 10.2. The van der Waals surface area contributed by atoms with E-state index in [9.17, 15) is 5.26 Å². The van der Waals surface area contributed by atoms with E-state index >= 15 is 0 Å². The average molecular weight is 377 g/mol. The fourth-order valence-corrected chi connectivity index (χ4v) is 4.62. The van der Waals surface area contributed by atoms with Crippen molar-refractivity contribution in [2.75, 3.05) is 17.2 Å². The maximum Gasteiger partial charge on any atom is 0.224 e. The van der Waals surface area contributed by atoms with Gasteiger partial charge in [-0.25, -0.2) is 4.98 Å². The van der Waals surface area contributed by atoms with Crippen LogP contribution < -0.4 is 10.6 Å². The minimum atomic E-state index is 0.340. The van der Waals surface area contributed by atoms with Gasteiger partial charge in [0.25, 0.3) is 0 Å². The summed E-state index contributed by atoms with van der Waals surface area (Å²) in [4.78, 5) is 13.2. The van der Waals surface area contributed by atoms with Crippen LogP contribution in [0.25, 0.3) is 0 Å². The number of anilines is 2. The van der Waals surface area contributed by atoms with Crippen molar-refractivity contribution in [3.8, 4) is 6.07 Å². The number of hydrogen-bond acceptors (Lipinski definition) is 6. The Hall–Kier alpha value is -2.68. The molecule has 6 nitrogen and oxygen atoms in total. The Kier molecular flexibility index (Phi) is 4.92. The summed E-state index contributed by atoms with van der Waals surface area (Å²) in [5.74, 6) is 1.19. The zero-order valence-corrected chi connectivity index (χ0v) is 16.7. The van der Waals surface area contributed by atoms with Crippen molar-refractivity contribution in [3.05, 3.63) is 41.9 Å². The molecule has 0 radical (unpaired) electrons. The smallest absolute Gasteiger partial charge is 0.224 e. The van der Waals surface area contributed by atoms with Crippen molar-refractivity contribution in [1.29, 1.82) is 5.26 Å². The lowest BCUT2D eigenvalue weighted by Gasteiger charge is -2.43. The molecule has 6 heteroatoms. The van der Waals surface area contributed by atoms with Gasteiger partial charge in [-0.1, -0.05) is 19.9 Å². The van der Waals surface area contributed by atoms with Crippen LogP contribution in [0.2, 0.25) is 0 Å². The maximum atomic E-state index is 9.46. The van der Waals surface area contributed by atoms with E-state index in [2.05, 4.69) is 45.5 Å². The SMILES string of the molecule is CC1(C)C[C@H](Nc2nc(NCCc3ccccn3)ncc2C#N)CCC12CC2. The highest BCUT2D eigenvalue weighted by Gasteiger charge is 2.56. The zero-order valence-electron chi connectivity index (χ0n) is 16.7. The van der Waals surface area contributed by atoms with Gasteiger partial charge in [0.05, 0.1) is 6.20 Å². The number of hydrogen-bond donors (Lipinski definition) is 2. The molecule has 2 heterocycles. The molecule has 0 aromatic carbocycles. The van der Waals surface area contributed by atoms with E-state index in [-0.39, 0.29) is 0 Å². The molecule has 146 valence electrons. The first-order valence-corrected chi connectivity index (χ1v) is 10.2. The van der Waals surface area contributed by atoms with Crippen LogP contribution in [0.4, 0.5) is 11.8 Å². The third-order valence-corrected chi connectivity index (χ3v) is 6.66.